The molecule has 0 spiro atoms. The third-order valence-corrected chi connectivity index (χ3v) is 4.48. The first-order valence-electron chi connectivity index (χ1n) is 7.33. The van der Waals surface area contributed by atoms with Crippen LogP contribution in [-0.2, 0) is 0 Å². The Morgan fingerprint density at radius 1 is 1.05 bits per heavy atom. The molecule has 2 unspecified atom stereocenters. The molecule has 2 aromatic rings. The molecule has 6 nitrogen and oxygen atoms in total. The van der Waals surface area contributed by atoms with Gasteiger partial charge in [-0.15, -0.1) is 0 Å². The van der Waals surface area contributed by atoms with E-state index >= 15 is 0 Å². The number of nitrogen functional groups attached to an aromatic ring is 1. The fourth-order valence-corrected chi connectivity index (χ4v) is 3.39. The molecular weight excluding hydrogens is 264 g/mol. The zero-order chi connectivity index (χ0) is 14.2. The van der Waals surface area contributed by atoms with Crippen molar-refractivity contribution in [3.63, 3.8) is 0 Å². The summed E-state index contributed by atoms with van der Waals surface area (Å²) >= 11 is 0. The van der Waals surface area contributed by atoms with Crippen LogP contribution in [0.1, 0.15) is 12.8 Å². The highest BCUT2D eigenvalue weighted by Crippen LogP contribution is 2.37. The summed E-state index contributed by atoms with van der Waals surface area (Å²) < 4.78 is 1.69. The molecule has 0 bridgehead atoms. The normalized spacial score (nSPS) is 24.3. The molecule has 1 saturated heterocycles. The molecule has 0 aromatic carbocycles. The van der Waals surface area contributed by atoms with E-state index < -0.39 is 0 Å². The second-order valence-electron chi connectivity index (χ2n) is 5.75. The molecule has 0 radical (unpaired) electrons. The molecule has 2 aliphatic rings. The number of rotatable bonds is 2. The van der Waals surface area contributed by atoms with E-state index in [9.17, 15) is 0 Å². The molecule has 1 aliphatic heterocycles. The summed E-state index contributed by atoms with van der Waals surface area (Å²) in [6.07, 6.45) is 12.1. The second kappa shape index (κ2) is 4.87. The van der Waals surface area contributed by atoms with Crippen LogP contribution in [-0.4, -0.2) is 32.8 Å². The monoisotopic (exact) mass is 282 g/mol. The van der Waals surface area contributed by atoms with Crippen molar-refractivity contribution in [2.75, 3.05) is 23.7 Å². The van der Waals surface area contributed by atoms with Gasteiger partial charge >= 0.3 is 0 Å². The summed E-state index contributed by atoms with van der Waals surface area (Å²) in [5, 5.41) is 4.21. The van der Waals surface area contributed by atoms with Crippen LogP contribution in [0.4, 0.5) is 11.5 Å². The molecule has 0 saturated carbocycles. The molecule has 108 valence electrons. The minimum Gasteiger partial charge on any atom is -0.393 e. The average Bonchev–Trinajstić information content (AvgIpc) is 3.16. The Kier molecular flexibility index (Phi) is 2.87. The third-order valence-electron chi connectivity index (χ3n) is 4.48. The summed E-state index contributed by atoms with van der Waals surface area (Å²) in [7, 11) is 0. The van der Waals surface area contributed by atoms with Gasteiger partial charge in [-0.25, -0.2) is 14.6 Å². The van der Waals surface area contributed by atoms with Crippen molar-refractivity contribution >= 4 is 11.5 Å². The zero-order valence-corrected chi connectivity index (χ0v) is 11.8. The quantitative estimate of drug-likeness (QED) is 0.848. The Hall–Kier alpha value is -2.37. The topological polar surface area (TPSA) is 72.9 Å². The molecule has 2 aromatic heterocycles. The molecule has 6 heteroatoms. The van der Waals surface area contributed by atoms with E-state index in [-0.39, 0.29) is 0 Å². The van der Waals surface area contributed by atoms with E-state index in [4.69, 9.17) is 5.73 Å². The molecule has 1 fully saturated rings. The fraction of sp³-hybridized carbons (Fsp3) is 0.400. The molecule has 4 rings (SSSR count). The molecule has 2 atom stereocenters. The van der Waals surface area contributed by atoms with Gasteiger partial charge in [-0.05, 0) is 30.7 Å². The van der Waals surface area contributed by atoms with E-state index in [1.807, 2.05) is 12.3 Å². The van der Waals surface area contributed by atoms with E-state index in [1.165, 1.54) is 0 Å². The number of fused-ring (bicyclic) bond motifs is 1. The summed E-state index contributed by atoms with van der Waals surface area (Å²) in [6.45, 7) is 2.05. The van der Waals surface area contributed by atoms with Crippen molar-refractivity contribution in [2.24, 2.45) is 11.8 Å². The Balaban J connectivity index is 1.66. The molecule has 3 heterocycles. The summed E-state index contributed by atoms with van der Waals surface area (Å²) in [5.41, 5.74) is 6.91. The highest BCUT2D eigenvalue weighted by Gasteiger charge is 2.34. The van der Waals surface area contributed by atoms with Gasteiger partial charge in [0.2, 0.25) is 0 Å². The first kappa shape index (κ1) is 12.4. The minimum atomic E-state index is 0.604. The number of nitrogens with two attached hydrogens (primary N) is 1. The highest BCUT2D eigenvalue weighted by atomic mass is 15.3. The smallest absolute Gasteiger partial charge is 0.181 e. The van der Waals surface area contributed by atoms with Gasteiger partial charge in [0.25, 0.3) is 0 Å². The maximum atomic E-state index is 6.30. The Labute approximate surface area is 123 Å². The maximum Gasteiger partial charge on any atom is 0.181 e. The van der Waals surface area contributed by atoms with Crippen molar-refractivity contribution in [3.05, 3.63) is 36.9 Å². The van der Waals surface area contributed by atoms with Crippen molar-refractivity contribution in [1.82, 2.24) is 19.7 Å². The van der Waals surface area contributed by atoms with Crippen LogP contribution >= 0.6 is 0 Å². The number of hydrogen-bond donors (Lipinski definition) is 1. The molecule has 0 amide bonds. The van der Waals surface area contributed by atoms with Gasteiger partial charge in [0, 0.05) is 25.5 Å². The number of aromatic nitrogens is 4. The predicted octanol–water partition coefficient (Wildman–Crippen LogP) is 1.65. The summed E-state index contributed by atoms with van der Waals surface area (Å²) in [4.78, 5) is 11.0. The lowest BCUT2D eigenvalue weighted by Crippen LogP contribution is -2.23. The average molecular weight is 282 g/mol. The van der Waals surface area contributed by atoms with Gasteiger partial charge in [-0.3, -0.25) is 0 Å². The molecule has 21 heavy (non-hydrogen) atoms. The maximum absolute atomic E-state index is 6.30. The lowest BCUT2D eigenvalue weighted by molar-refractivity contribution is 0.411. The van der Waals surface area contributed by atoms with Gasteiger partial charge < -0.3 is 10.6 Å². The minimum absolute atomic E-state index is 0.604. The lowest BCUT2D eigenvalue weighted by atomic mass is 9.86. The van der Waals surface area contributed by atoms with Crippen molar-refractivity contribution in [2.45, 2.75) is 12.8 Å². The third kappa shape index (κ3) is 2.07. The largest absolute Gasteiger partial charge is 0.393 e. The van der Waals surface area contributed by atoms with Crippen LogP contribution in [0.2, 0.25) is 0 Å². The van der Waals surface area contributed by atoms with Crippen LogP contribution in [0.15, 0.2) is 36.9 Å². The molecule has 2 N–H and O–H groups in total. The second-order valence-corrected chi connectivity index (χ2v) is 5.75. The summed E-state index contributed by atoms with van der Waals surface area (Å²) in [5.74, 6) is 2.93. The number of allylic oxidation sites excluding steroid dienone is 2. The standard InChI is InChI=1S/C15H18N6/c16-13-14(17-10-18-15(13)21-7-3-6-19-21)20-8-11-4-1-2-5-12(11)9-20/h1-3,6-7,10-12H,4-5,8-9,16H2. The Morgan fingerprint density at radius 3 is 2.43 bits per heavy atom. The van der Waals surface area contributed by atoms with Gasteiger partial charge in [0.05, 0.1) is 0 Å². The lowest BCUT2D eigenvalue weighted by Gasteiger charge is -2.20. The van der Waals surface area contributed by atoms with Crippen LogP contribution in [0.5, 0.6) is 0 Å². The first-order chi connectivity index (χ1) is 10.3. The number of nitrogens with zero attached hydrogens (tertiary/aromatic N) is 5. The highest BCUT2D eigenvalue weighted by molar-refractivity contribution is 5.70. The first-order valence-corrected chi connectivity index (χ1v) is 7.33. The van der Waals surface area contributed by atoms with Crippen LogP contribution < -0.4 is 10.6 Å². The van der Waals surface area contributed by atoms with E-state index in [0.29, 0.717) is 11.5 Å². The van der Waals surface area contributed by atoms with E-state index in [0.717, 1.165) is 43.6 Å². The van der Waals surface area contributed by atoms with Crippen LogP contribution in [0.25, 0.3) is 5.82 Å². The predicted molar refractivity (Wildman–Crippen MR) is 81.1 cm³/mol. The molecule has 1 aliphatic carbocycles. The van der Waals surface area contributed by atoms with Gasteiger partial charge in [-0.1, -0.05) is 12.2 Å². The van der Waals surface area contributed by atoms with Crippen molar-refractivity contribution in [1.29, 1.82) is 0 Å². The van der Waals surface area contributed by atoms with Crippen LogP contribution in [0, 0.1) is 11.8 Å². The van der Waals surface area contributed by atoms with Crippen molar-refractivity contribution < 1.29 is 0 Å². The SMILES string of the molecule is Nc1c(N2CC3CC=CCC3C2)ncnc1-n1cccn1. The Bertz CT molecular complexity index is 647. The van der Waals surface area contributed by atoms with E-state index in [2.05, 4.69) is 32.1 Å². The molecular formula is C15H18N6. The fourth-order valence-electron chi connectivity index (χ4n) is 3.39. The Morgan fingerprint density at radius 2 is 1.76 bits per heavy atom. The van der Waals surface area contributed by atoms with Crippen molar-refractivity contribution in [3.8, 4) is 5.82 Å². The van der Waals surface area contributed by atoms with Gasteiger partial charge in [0.15, 0.2) is 11.6 Å². The van der Waals surface area contributed by atoms with E-state index in [1.54, 1.807) is 17.2 Å². The number of anilines is 2. The van der Waals surface area contributed by atoms with Crippen LogP contribution in [0.3, 0.4) is 0 Å². The number of hydrogen-bond acceptors (Lipinski definition) is 5. The zero-order valence-electron chi connectivity index (χ0n) is 11.8. The summed E-state index contributed by atoms with van der Waals surface area (Å²) in [6, 6.07) is 1.86. The van der Waals surface area contributed by atoms with Gasteiger partial charge in [0.1, 0.15) is 12.0 Å². The van der Waals surface area contributed by atoms with Gasteiger partial charge in [-0.2, -0.15) is 5.10 Å².